The van der Waals surface area contributed by atoms with E-state index >= 15 is 0 Å². The summed E-state index contributed by atoms with van der Waals surface area (Å²) in [6.45, 7) is 4.14. The highest BCUT2D eigenvalue weighted by Crippen LogP contribution is 2.38. The summed E-state index contributed by atoms with van der Waals surface area (Å²) < 4.78 is 0. The van der Waals surface area contributed by atoms with Gasteiger partial charge >= 0.3 is 11.9 Å². The first-order chi connectivity index (χ1) is 18.6. The first kappa shape index (κ1) is 29.9. The lowest BCUT2D eigenvalue weighted by Crippen LogP contribution is -2.46. The molecule has 4 N–H and O–H groups in total. The second kappa shape index (κ2) is 13.5. The van der Waals surface area contributed by atoms with Crippen molar-refractivity contribution >= 4 is 23.8 Å². The maximum atomic E-state index is 12.9. The Kier molecular flexibility index (Phi) is 10.3. The molecular weight excluding hydrogens is 496 g/mol. The van der Waals surface area contributed by atoms with Gasteiger partial charge in [0.1, 0.15) is 0 Å². The highest BCUT2D eigenvalue weighted by Gasteiger charge is 2.40. The van der Waals surface area contributed by atoms with Crippen LogP contribution in [0.1, 0.15) is 110 Å². The maximum Gasteiger partial charge on any atom is 0.307 e. The minimum Gasteiger partial charge on any atom is -0.481 e. The molecule has 4 aliphatic rings. The van der Waals surface area contributed by atoms with Crippen LogP contribution in [0.3, 0.4) is 0 Å². The number of carboxylic acid groups (broad SMARTS) is 2. The molecule has 8 nitrogen and oxygen atoms in total. The quantitative estimate of drug-likeness (QED) is 0.339. The average Bonchev–Trinajstić information content (AvgIpc) is 2.90. The van der Waals surface area contributed by atoms with E-state index in [0.29, 0.717) is 49.4 Å². The zero-order valence-electron chi connectivity index (χ0n) is 23.9. The van der Waals surface area contributed by atoms with Gasteiger partial charge in [0.25, 0.3) is 0 Å². The smallest absolute Gasteiger partial charge is 0.307 e. The van der Waals surface area contributed by atoms with Crippen molar-refractivity contribution in [3.8, 4) is 0 Å². The lowest BCUT2D eigenvalue weighted by atomic mass is 9.73. The summed E-state index contributed by atoms with van der Waals surface area (Å²) in [5.41, 5.74) is 0. The van der Waals surface area contributed by atoms with E-state index in [1.165, 1.54) is 6.42 Å². The van der Waals surface area contributed by atoms with Crippen LogP contribution in [0.5, 0.6) is 0 Å². The number of amides is 2. The van der Waals surface area contributed by atoms with Gasteiger partial charge in [-0.3, -0.25) is 19.2 Å². The summed E-state index contributed by atoms with van der Waals surface area (Å²) in [7, 11) is 0. The van der Waals surface area contributed by atoms with Crippen LogP contribution in [0.4, 0.5) is 0 Å². The molecule has 0 radical (unpaired) electrons. The second-order valence-corrected chi connectivity index (χ2v) is 13.6. The first-order valence-corrected chi connectivity index (χ1v) is 15.7. The third-order valence-electron chi connectivity index (χ3n) is 10.6. The lowest BCUT2D eigenvalue weighted by molar-refractivity contribution is -0.150. The molecule has 0 spiro atoms. The van der Waals surface area contributed by atoms with Crippen molar-refractivity contribution < 1.29 is 29.4 Å². The Morgan fingerprint density at radius 2 is 0.897 bits per heavy atom. The van der Waals surface area contributed by atoms with Crippen LogP contribution in [-0.2, 0) is 19.2 Å². The summed E-state index contributed by atoms with van der Waals surface area (Å²) >= 11 is 0. The van der Waals surface area contributed by atoms with Crippen LogP contribution < -0.4 is 10.6 Å². The number of hydrogen-bond acceptors (Lipinski definition) is 4. The molecule has 0 aromatic carbocycles. The van der Waals surface area contributed by atoms with Gasteiger partial charge in [0, 0.05) is 12.1 Å². The standard InChI is InChI=1S/C31H50N2O6/c1-18-3-13-24(26(15-18)30(36)37)28(34)32-22-9-5-20(6-10-22)17-21-7-11-23(12-8-21)33-29(35)25-14-4-19(2)16-27(25)31(38)39/h18-27H,3-17H2,1-2H3,(H,32,34)(H,33,35)(H,36,37)(H,38,39). The Bertz CT molecular complexity index is 806. The Morgan fingerprint density at radius 3 is 1.23 bits per heavy atom. The zero-order valence-corrected chi connectivity index (χ0v) is 23.9. The van der Waals surface area contributed by atoms with Crippen molar-refractivity contribution in [2.24, 2.45) is 47.3 Å². The van der Waals surface area contributed by atoms with Gasteiger partial charge in [0.15, 0.2) is 0 Å². The zero-order chi connectivity index (χ0) is 28.1. The Morgan fingerprint density at radius 1 is 0.538 bits per heavy atom. The Hall–Kier alpha value is -2.12. The third-order valence-corrected chi connectivity index (χ3v) is 10.6. The van der Waals surface area contributed by atoms with Crippen LogP contribution in [0, 0.1) is 47.3 Å². The molecule has 0 heterocycles. The molecule has 8 heteroatoms. The molecule has 0 bridgehead atoms. The fourth-order valence-corrected chi connectivity index (χ4v) is 8.11. The molecule has 4 fully saturated rings. The highest BCUT2D eigenvalue weighted by atomic mass is 16.4. The number of aliphatic carboxylic acids is 2. The van der Waals surface area contributed by atoms with Crippen LogP contribution in [-0.4, -0.2) is 46.0 Å². The largest absolute Gasteiger partial charge is 0.481 e. The molecular formula is C31H50N2O6. The van der Waals surface area contributed by atoms with Crippen molar-refractivity contribution in [2.45, 2.75) is 122 Å². The molecule has 4 saturated carbocycles. The number of carboxylic acids is 2. The average molecular weight is 547 g/mol. The predicted octanol–water partition coefficient (Wildman–Crippen LogP) is 5.00. The van der Waals surface area contributed by atoms with Crippen molar-refractivity contribution in [1.29, 1.82) is 0 Å². The number of rotatable bonds is 8. The van der Waals surface area contributed by atoms with Gasteiger partial charge < -0.3 is 20.8 Å². The predicted molar refractivity (Wildman–Crippen MR) is 148 cm³/mol. The number of nitrogens with one attached hydrogen (secondary N) is 2. The Labute approximate surface area is 233 Å². The van der Waals surface area contributed by atoms with Gasteiger partial charge in [-0.2, -0.15) is 0 Å². The molecule has 2 amide bonds. The summed E-state index contributed by atoms with van der Waals surface area (Å²) in [6.07, 6.45) is 13.8. The normalized spacial score (nSPS) is 39.3. The lowest BCUT2D eigenvalue weighted by Gasteiger charge is -2.37. The summed E-state index contributed by atoms with van der Waals surface area (Å²) in [5, 5.41) is 25.6. The fourth-order valence-electron chi connectivity index (χ4n) is 8.11. The van der Waals surface area contributed by atoms with Gasteiger partial charge in [0.05, 0.1) is 23.7 Å². The molecule has 39 heavy (non-hydrogen) atoms. The molecule has 220 valence electrons. The van der Waals surface area contributed by atoms with Crippen LogP contribution in [0.2, 0.25) is 0 Å². The van der Waals surface area contributed by atoms with Gasteiger partial charge in [-0.05, 0) is 120 Å². The van der Waals surface area contributed by atoms with E-state index in [2.05, 4.69) is 24.5 Å². The van der Waals surface area contributed by atoms with E-state index in [1.54, 1.807) is 0 Å². The SMILES string of the molecule is CC1CCC(C(=O)NC2CCC(CC3CCC(NC(=O)C4CCC(C)CC4C(=O)O)CC3)CC2)C(C(=O)O)C1. The Balaban J connectivity index is 1.15. The number of carbonyl (C=O) groups excluding carboxylic acids is 2. The van der Waals surface area contributed by atoms with Gasteiger partial charge in [-0.15, -0.1) is 0 Å². The van der Waals surface area contributed by atoms with Gasteiger partial charge in [-0.25, -0.2) is 0 Å². The van der Waals surface area contributed by atoms with E-state index in [9.17, 15) is 29.4 Å². The van der Waals surface area contributed by atoms with Crippen LogP contribution >= 0.6 is 0 Å². The van der Waals surface area contributed by atoms with Gasteiger partial charge in [-0.1, -0.05) is 13.8 Å². The molecule has 6 atom stereocenters. The number of carbonyl (C=O) groups is 4. The van der Waals surface area contributed by atoms with Crippen molar-refractivity contribution in [3.05, 3.63) is 0 Å². The fraction of sp³-hybridized carbons (Fsp3) is 0.871. The highest BCUT2D eigenvalue weighted by molar-refractivity contribution is 5.85. The van der Waals surface area contributed by atoms with Crippen molar-refractivity contribution in [1.82, 2.24) is 10.6 Å². The van der Waals surface area contributed by atoms with E-state index < -0.39 is 35.6 Å². The van der Waals surface area contributed by atoms with E-state index in [0.717, 1.165) is 64.2 Å². The minimum atomic E-state index is -0.840. The van der Waals surface area contributed by atoms with E-state index in [4.69, 9.17) is 0 Å². The number of hydrogen-bond donors (Lipinski definition) is 4. The first-order valence-electron chi connectivity index (χ1n) is 15.7. The monoisotopic (exact) mass is 546 g/mol. The second-order valence-electron chi connectivity index (χ2n) is 13.6. The van der Waals surface area contributed by atoms with E-state index in [-0.39, 0.29) is 23.9 Å². The molecule has 6 unspecified atom stereocenters. The third kappa shape index (κ3) is 7.97. The van der Waals surface area contributed by atoms with Crippen LogP contribution in [0.25, 0.3) is 0 Å². The molecule has 0 aliphatic heterocycles. The summed E-state index contributed by atoms with van der Waals surface area (Å²) in [5.74, 6) is -1.66. The molecule has 4 aliphatic carbocycles. The van der Waals surface area contributed by atoms with E-state index in [1.807, 2.05) is 0 Å². The minimum absolute atomic E-state index is 0.0597. The molecule has 4 rings (SSSR count). The van der Waals surface area contributed by atoms with Crippen LogP contribution in [0.15, 0.2) is 0 Å². The van der Waals surface area contributed by atoms with Crippen molar-refractivity contribution in [3.63, 3.8) is 0 Å². The molecule has 0 aromatic heterocycles. The topological polar surface area (TPSA) is 133 Å². The molecule has 0 saturated heterocycles. The van der Waals surface area contributed by atoms with Crippen molar-refractivity contribution in [2.75, 3.05) is 0 Å². The maximum absolute atomic E-state index is 12.9. The van der Waals surface area contributed by atoms with Gasteiger partial charge in [0.2, 0.25) is 11.8 Å². The summed E-state index contributed by atoms with van der Waals surface area (Å²) in [4.78, 5) is 49.3. The molecule has 0 aromatic rings. The summed E-state index contributed by atoms with van der Waals surface area (Å²) in [6, 6.07) is 0.316.